The third-order valence-corrected chi connectivity index (χ3v) is 2.65. The second-order valence-electron chi connectivity index (χ2n) is 5.12. The number of hydrazine groups is 1. The van der Waals surface area contributed by atoms with E-state index in [9.17, 15) is 4.39 Å². The van der Waals surface area contributed by atoms with Gasteiger partial charge in [0.2, 0.25) is 0 Å². The van der Waals surface area contributed by atoms with E-state index in [1.54, 1.807) is 6.07 Å². The van der Waals surface area contributed by atoms with Crippen molar-refractivity contribution in [3.63, 3.8) is 0 Å². The van der Waals surface area contributed by atoms with E-state index in [-0.39, 0.29) is 11.2 Å². The van der Waals surface area contributed by atoms with Gasteiger partial charge < -0.3 is 5.43 Å². The van der Waals surface area contributed by atoms with Gasteiger partial charge in [-0.15, -0.1) is 0 Å². The molecule has 0 radical (unpaired) electrons. The number of hydrogen-bond donors (Lipinski definition) is 2. The van der Waals surface area contributed by atoms with Crippen molar-refractivity contribution in [2.75, 3.05) is 5.43 Å². The van der Waals surface area contributed by atoms with E-state index in [4.69, 9.17) is 5.84 Å². The number of fused-ring (bicyclic) bond motifs is 1. The zero-order valence-corrected chi connectivity index (χ0v) is 10.2. The van der Waals surface area contributed by atoms with Crippen molar-refractivity contribution in [3.05, 3.63) is 35.8 Å². The predicted octanol–water partition coefficient (Wildman–Crippen LogP) is 2.96. The second kappa shape index (κ2) is 3.96. The molecule has 0 bridgehead atoms. The summed E-state index contributed by atoms with van der Waals surface area (Å²) in [6, 6.07) is 6.44. The molecule has 2 rings (SSSR count). The molecule has 0 unspecified atom stereocenters. The number of anilines is 1. The number of nitrogen functional groups attached to an aromatic ring is 1. The summed E-state index contributed by atoms with van der Waals surface area (Å²) in [5, 5.41) is 0.868. The molecule has 0 fully saturated rings. The van der Waals surface area contributed by atoms with Gasteiger partial charge in [0.1, 0.15) is 5.82 Å². The number of nitrogens with zero attached hydrogens (tertiary/aromatic N) is 1. The Morgan fingerprint density at radius 1 is 1.24 bits per heavy atom. The maximum atomic E-state index is 13.2. The molecule has 17 heavy (non-hydrogen) atoms. The molecule has 90 valence electrons. The van der Waals surface area contributed by atoms with E-state index in [0.29, 0.717) is 5.52 Å². The van der Waals surface area contributed by atoms with Gasteiger partial charge in [-0.05, 0) is 18.2 Å². The number of hydrogen-bond acceptors (Lipinski definition) is 3. The maximum Gasteiger partial charge on any atom is 0.125 e. The van der Waals surface area contributed by atoms with Crippen LogP contribution in [0.15, 0.2) is 24.3 Å². The summed E-state index contributed by atoms with van der Waals surface area (Å²) in [7, 11) is 0. The summed E-state index contributed by atoms with van der Waals surface area (Å²) in [5.74, 6) is 5.22. The largest absolute Gasteiger partial charge is 0.322 e. The van der Waals surface area contributed by atoms with Crippen LogP contribution in [-0.4, -0.2) is 4.98 Å². The van der Waals surface area contributed by atoms with E-state index < -0.39 is 0 Å². The Labute approximate surface area is 99.8 Å². The van der Waals surface area contributed by atoms with Gasteiger partial charge in [0.15, 0.2) is 0 Å². The lowest BCUT2D eigenvalue weighted by Crippen LogP contribution is -2.19. The highest BCUT2D eigenvalue weighted by atomic mass is 19.1. The first-order valence-electron chi connectivity index (χ1n) is 5.49. The molecule has 0 atom stereocenters. The molecular formula is C13H16FN3. The summed E-state index contributed by atoms with van der Waals surface area (Å²) in [6.07, 6.45) is 0. The second-order valence-corrected chi connectivity index (χ2v) is 5.12. The monoisotopic (exact) mass is 233 g/mol. The lowest BCUT2D eigenvalue weighted by molar-refractivity contribution is 0.573. The number of rotatable bonds is 1. The van der Waals surface area contributed by atoms with Crippen molar-refractivity contribution in [2.45, 2.75) is 26.2 Å². The maximum absolute atomic E-state index is 13.2. The quantitative estimate of drug-likeness (QED) is 0.588. The van der Waals surface area contributed by atoms with Crippen LogP contribution in [0.5, 0.6) is 0 Å². The van der Waals surface area contributed by atoms with Gasteiger partial charge in [0.25, 0.3) is 0 Å². The molecule has 0 aliphatic rings. The Bertz CT molecular complexity index is 558. The van der Waals surface area contributed by atoms with Gasteiger partial charge in [-0.25, -0.2) is 9.37 Å². The van der Waals surface area contributed by atoms with Gasteiger partial charge in [0, 0.05) is 16.9 Å². The van der Waals surface area contributed by atoms with Crippen LogP contribution in [0.4, 0.5) is 10.1 Å². The van der Waals surface area contributed by atoms with Crippen LogP contribution in [0.25, 0.3) is 10.9 Å². The average molecular weight is 233 g/mol. The number of nitrogens with one attached hydrogen (secondary N) is 1. The van der Waals surface area contributed by atoms with Crippen LogP contribution in [-0.2, 0) is 5.41 Å². The summed E-state index contributed by atoms with van der Waals surface area (Å²) >= 11 is 0. The van der Waals surface area contributed by atoms with Crippen LogP contribution in [0.3, 0.4) is 0 Å². The molecule has 1 aromatic carbocycles. The minimum Gasteiger partial charge on any atom is -0.322 e. The van der Waals surface area contributed by atoms with Crippen LogP contribution in [0.2, 0.25) is 0 Å². The Morgan fingerprint density at radius 2 is 1.94 bits per heavy atom. The number of pyridine rings is 1. The topological polar surface area (TPSA) is 50.9 Å². The van der Waals surface area contributed by atoms with Crippen molar-refractivity contribution >= 4 is 16.6 Å². The molecule has 0 aliphatic carbocycles. The first-order valence-corrected chi connectivity index (χ1v) is 5.49. The molecule has 2 aromatic rings. The fourth-order valence-corrected chi connectivity index (χ4v) is 1.82. The minimum atomic E-state index is -0.279. The van der Waals surface area contributed by atoms with Gasteiger partial charge in [-0.1, -0.05) is 20.8 Å². The SMILES string of the molecule is CC(C)(C)c1nc2cc(F)ccc2cc1NN. The smallest absolute Gasteiger partial charge is 0.125 e. The fraction of sp³-hybridized carbons (Fsp3) is 0.308. The van der Waals surface area contributed by atoms with Crippen LogP contribution in [0, 0.1) is 5.82 Å². The van der Waals surface area contributed by atoms with E-state index in [1.165, 1.54) is 12.1 Å². The normalized spacial score (nSPS) is 11.8. The Morgan fingerprint density at radius 3 is 2.53 bits per heavy atom. The molecule has 0 saturated heterocycles. The number of halogens is 1. The number of nitrogens with two attached hydrogens (primary N) is 1. The van der Waals surface area contributed by atoms with E-state index in [1.807, 2.05) is 26.8 Å². The average Bonchev–Trinajstić information content (AvgIpc) is 2.26. The first-order chi connectivity index (χ1) is 7.91. The zero-order chi connectivity index (χ0) is 12.6. The highest BCUT2D eigenvalue weighted by molar-refractivity contribution is 5.83. The molecular weight excluding hydrogens is 217 g/mol. The van der Waals surface area contributed by atoms with Gasteiger partial charge in [-0.2, -0.15) is 0 Å². The Balaban J connectivity index is 2.74. The highest BCUT2D eigenvalue weighted by Crippen LogP contribution is 2.30. The Hall–Kier alpha value is -1.68. The zero-order valence-electron chi connectivity index (χ0n) is 10.2. The predicted molar refractivity (Wildman–Crippen MR) is 68.2 cm³/mol. The van der Waals surface area contributed by atoms with Crippen molar-refractivity contribution < 1.29 is 4.39 Å². The minimum absolute atomic E-state index is 0.151. The van der Waals surface area contributed by atoms with Crippen molar-refractivity contribution in [1.29, 1.82) is 0 Å². The molecule has 1 heterocycles. The molecule has 1 aromatic heterocycles. The lowest BCUT2D eigenvalue weighted by atomic mass is 9.90. The molecule has 0 spiro atoms. The molecule has 0 aliphatic heterocycles. The molecule has 3 N–H and O–H groups in total. The first kappa shape index (κ1) is 11.8. The standard InChI is InChI=1S/C13H16FN3/c1-13(2,3)12-11(17-15)6-8-4-5-9(14)7-10(8)16-12/h4-7,17H,15H2,1-3H3. The van der Waals surface area contributed by atoms with Crippen LogP contribution >= 0.6 is 0 Å². The number of benzene rings is 1. The van der Waals surface area contributed by atoms with Crippen molar-refractivity contribution in [1.82, 2.24) is 4.98 Å². The van der Waals surface area contributed by atoms with Crippen molar-refractivity contribution in [3.8, 4) is 0 Å². The van der Waals surface area contributed by atoms with Crippen molar-refractivity contribution in [2.24, 2.45) is 5.84 Å². The molecule has 0 saturated carbocycles. The fourth-order valence-electron chi connectivity index (χ4n) is 1.82. The van der Waals surface area contributed by atoms with E-state index in [2.05, 4.69) is 10.4 Å². The van der Waals surface area contributed by atoms with E-state index >= 15 is 0 Å². The third-order valence-electron chi connectivity index (χ3n) is 2.65. The lowest BCUT2D eigenvalue weighted by Gasteiger charge is -2.21. The third kappa shape index (κ3) is 2.22. The highest BCUT2D eigenvalue weighted by Gasteiger charge is 2.20. The Kier molecular flexibility index (Phi) is 2.75. The summed E-state index contributed by atoms with van der Waals surface area (Å²) in [4.78, 5) is 4.50. The van der Waals surface area contributed by atoms with E-state index in [0.717, 1.165) is 16.8 Å². The summed E-state index contributed by atoms with van der Waals surface area (Å²) in [6.45, 7) is 6.13. The molecule has 3 nitrogen and oxygen atoms in total. The number of aromatic nitrogens is 1. The summed E-state index contributed by atoms with van der Waals surface area (Å²) in [5.41, 5.74) is 4.76. The summed E-state index contributed by atoms with van der Waals surface area (Å²) < 4.78 is 13.2. The molecule has 0 amide bonds. The van der Waals surface area contributed by atoms with Gasteiger partial charge >= 0.3 is 0 Å². The van der Waals surface area contributed by atoms with Crippen LogP contribution in [0.1, 0.15) is 26.5 Å². The van der Waals surface area contributed by atoms with Gasteiger partial charge in [0.05, 0.1) is 16.9 Å². The van der Waals surface area contributed by atoms with Gasteiger partial charge in [-0.3, -0.25) is 5.84 Å². The van der Waals surface area contributed by atoms with Crippen LogP contribution < -0.4 is 11.3 Å². The molecule has 4 heteroatoms.